The quantitative estimate of drug-likeness (QED) is 0.449. The third kappa shape index (κ3) is 4.84. The number of aromatic nitrogens is 4. The van der Waals surface area contributed by atoms with Gasteiger partial charge in [-0.1, -0.05) is 46.6 Å². The summed E-state index contributed by atoms with van der Waals surface area (Å²) in [7, 11) is 1.59. The molecule has 0 spiro atoms. The van der Waals surface area contributed by atoms with Gasteiger partial charge in [0, 0.05) is 0 Å². The Balaban J connectivity index is 1.66. The Morgan fingerprint density at radius 2 is 1.85 bits per heavy atom. The van der Waals surface area contributed by atoms with Crippen molar-refractivity contribution in [2.75, 3.05) is 18.2 Å². The molecule has 0 bridgehead atoms. The zero-order valence-electron chi connectivity index (χ0n) is 13.8. The van der Waals surface area contributed by atoms with Gasteiger partial charge in [0.25, 0.3) is 0 Å². The molecule has 0 saturated carbocycles. The van der Waals surface area contributed by atoms with Crippen LogP contribution in [-0.4, -0.2) is 39.0 Å². The Morgan fingerprint density at radius 3 is 2.56 bits per heavy atom. The van der Waals surface area contributed by atoms with Crippen LogP contribution in [0.15, 0.2) is 41.6 Å². The lowest BCUT2D eigenvalue weighted by Crippen LogP contribution is -2.15. The van der Waals surface area contributed by atoms with Crippen molar-refractivity contribution in [1.82, 2.24) is 20.2 Å². The van der Waals surface area contributed by atoms with E-state index in [9.17, 15) is 4.79 Å². The highest BCUT2D eigenvalue weighted by molar-refractivity contribution is 7.99. The fourth-order valence-corrected chi connectivity index (χ4v) is 3.37. The predicted molar refractivity (Wildman–Crippen MR) is 107 cm³/mol. The van der Waals surface area contributed by atoms with Gasteiger partial charge in [-0.2, -0.15) is 4.68 Å². The number of benzene rings is 2. The standard InChI is InChI=1S/C16H12Cl3N5O2S/c1-26-10-4-2-9(3-5-10)24-16(21-22-23-24)27-8-15(25)20-14-7-12(18)11(17)6-13(14)19/h2-7H,8H2,1H3,(H,20,25). The van der Waals surface area contributed by atoms with E-state index in [0.717, 1.165) is 11.4 Å². The average molecular weight is 445 g/mol. The average Bonchev–Trinajstić information content (AvgIpc) is 3.13. The summed E-state index contributed by atoms with van der Waals surface area (Å²) >= 11 is 19.1. The number of carbonyl (C=O) groups excluding carboxylic acids is 1. The van der Waals surface area contributed by atoms with Crippen LogP contribution in [0.1, 0.15) is 0 Å². The molecular weight excluding hydrogens is 433 g/mol. The zero-order valence-corrected chi connectivity index (χ0v) is 16.9. The number of thioether (sulfide) groups is 1. The summed E-state index contributed by atoms with van der Waals surface area (Å²) in [4.78, 5) is 12.2. The van der Waals surface area contributed by atoms with Gasteiger partial charge in [-0.15, -0.1) is 5.10 Å². The summed E-state index contributed by atoms with van der Waals surface area (Å²) in [5.41, 5.74) is 1.13. The number of ether oxygens (including phenoxy) is 1. The maximum atomic E-state index is 12.2. The first-order valence-corrected chi connectivity index (χ1v) is 9.60. The Labute approximate surface area is 173 Å². The highest BCUT2D eigenvalue weighted by Crippen LogP contribution is 2.32. The first-order valence-electron chi connectivity index (χ1n) is 7.48. The molecule has 3 aromatic rings. The third-order valence-electron chi connectivity index (χ3n) is 3.37. The number of anilines is 1. The fraction of sp³-hybridized carbons (Fsp3) is 0.125. The molecule has 0 aliphatic carbocycles. The van der Waals surface area contributed by atoms with Crippen LogP contribution in [0.5, 0.6) is 5.75 Å². The topological polar surface area (TPSA) is 81.9 Å². The molecule has 2 aromatic carbocycles. The molecule has 0 aliphatic heterocycles. The lowest BCUT2D eigenvalue weighted by molar-refractivity contribution is -0.113. The van der Waals surface area contributed by atoms with Crippen LogP contribution in [0, 0.1) is 0 Å². The second-order valence-corrected chi connectivity index (χ2v) is 7.32. The summed E-state index contributed by atoms with van der Waals surface area (Å²) in [6.45, 7) is 0. The van der Waals surface area contributed by atoms with E-state index in [1.54, 1.807) is 19.2 Å². The van der Waals surface area contributed by atoms with Gasteiger partial charge in [0.1, 0.15) is 5.75 Å². The Morgan fingerprint density at radius 1 is 1.15 bits per heavy atom. The molecule has 3 rings (SSSR count). The Kier molecular flexibility index (Phi) is 6.43. The molecule has 0 fully saturated rings. The van der Waals surface area contributed by atoms with Crippen molar-refractivity contribution in [3.63, 3.8) is 0 Å². The Hall–Kier alpha value is -2.00. The minimum atomic E-state index is -0.287. The first-order chi connectivity index (χ1) is 13.0. The fourth-order valence-electron chi connectivity index (χ4n) is 2.09. The summed E-state index contributed by atoms with van der Waals surface area (Å²) in [5, 5.41) is 15.6. The normalized spacial score (nSPS) is 10.7. The molecule has 11 heteroatoms. The Bertz CT molecular complexity index is 965. The van der Waals surface area contributed by atoms with Crippen LogP contribution >= 0.6 is 46.6 Å². The van der Waals surface area contributed by atoms with Gasteiger partial charge in [0.05, 0.1) is 39.3 Å². The minimum absolute atomic E-state index is 0.0765. The van der Waals surface area contributed by atoms with Crippen LogP contribution in [0.4, 0.5) is 5.69 Å². The maximum absolute atomic E-state index is 12.2. The molecule has 1 heterocycles. The highest BCUT2D eigenvalue weighted by Gasteiger charge is 2.14. The molecule has 0 radical (unpaired) electrons. The molecule has 27 heavy (non-hydrogen) atoms. The van der Waals surface area contributed by atoms with Crippen molar-refractivity contribution in [2.45, 2.75) is 5.16 Å². The number of hydrogen-bond donors (Lipinski definition) is 1. The van der Waals surface area contributed by atoms with E-state index in [2.05, 4.69) is 20.8 Å². The number of rotatable bonds is 6. The highest BCUT2D eigenvalue weighted by atomic mass is 35.5. The smallest absolute Gasteiger partial charge is 0.234 e. The number of amides is 1. The van der Waals surface area contributed by atoms with E-state index in [1.165, 1.54) is 28.6 Å². The molecule has 1 amide bonds. The lowest BCUT2D eigenvalue weighted by Gasteiger charge is -2.09. The maximum Gasteiger partial charge on any atom is 0.234 e. The third-order valence-corrected chi connectivity index (χ3v) is 5.33. The van der Waals surface area contributed by atoms with Crippen molar-refractivity contribution < 1.29 is 9.53 Å². The van der Waals surface area contributed by atoms with Gasteiger partial charge in [-0.25, -0.2) is 0 Å². The number of halogens is 3. The van der Waals surface area contributed by atoms with E-state index >= 15 is 0 Å². The van der Waals surface area contributed by atoms with E-state index < -0.39 is 0 Å². The van der Waals surface area contributed by atoms with E-state index in [1.807, 2.05) is 12.1 Å². The summed E-state index contributed by atoms with van der Waals surface area (Å²) in [6.07, 6.45) is 0. The van der Waals surface area contributed by atoms with Gasteiger partial charge in [-0.3, -0.25) is 4.79 Å². The number of nitrogens with one attached hydrogen (secondary N) is 1. The zero-order chi connectivity index (χ0) is 19.4. The molecule has 1 N–H and O–H groups in total. The van der Waals surface area contributed by atoms with Crippen molar-refractivity contribution >= 4 is 58.2 Å². The molecular formula is C16H12Cl3N5O2S. The van der Waals surface area contributed by atoms with E-state index in [-0.39, 0.29) is 11.7 Å². The second kappa shape index (κ2) is 8.79. The second-order valence-electron chi connectivity index (χ2n) is 5.15. The van der Waals surface area contributed by atoms with Crippen molar-refractivity contribution in [2.24, 2.45) is 0 Å². The molecule has 0 atom stereocenters. The van der Waals surface area contributed by atoms with E-state index in [4.69, 9.17) is 39.5 Å². The molecule has 0 saturated heterocycles. The van der Waals surface area contributed by atoms with Crippen LogP contribution in [0.3, 0.4) is 0 Å². The minimum Gasteiger partial charge on any atom is -0.497 e. The van der Waals surface area contributed by atoms with E-state index in [0.29, 0.717) is 25.9 Å². The lowest BCUT2D eigenvalue weighted by atomic mass is 10.3. The SMILES string of the molecule is COc1ccc(-n2nnnc2SCC(=O)Nc2cc(Cl)c(Cl)cc2Cl)cc1. The van der Waals surface area contributed by atoms with Crippen molar-refractivity contribution in [1.29, 1.82) is 0 Å². The summed E-state index contributed by atoms with van der Waals surface area (Å²) in [5.74, 6) is 0.510. The molecule has 140 valence electrons. The van der Waals surface area contributed by atoms with Crippen LogP contribution in [-0.2, 0) is 4.79 Å². The summed E-state index contributed by atoms with van der Waals surface area (Å²) < 4.78 is 6.66. The van der Waals surface area contributed by atoms with Gasteiger partial charge in [0.15, 0.2) is 0 Å². The number of hydrogen-bond acceptors (Lipinski definition) is 6. The molecule has 0 aliphatic rings. The van der Waals surface area contributed by atoms with Crippen molar-refractivity contribution in [3.8, 4) is 11.4 Å². The van der Waals surface area contributed by atoms with Crippen LogP contribution in [0.2, 0.25) is 15.1 Å². The molecule has 7 nitrogen and oxygen atoms in total. The first kappa shape index (κ1) is 19.8. The number of tetrazole rings is 1. The van der Waals surface area contributed by atoms with Gasteiger partial charge >= 0.3 is 0 Å². The largest absolute Gasteiger partial charge is 0.497 e. The van der Waals surface area contributed by atoms with Gasteiger partial charge in [-0.05, 0) is 46.8 Å². The molecule has 0 unspecified atom stereocenters. The predicted octanol–water partition coefficient (Wildman–Crippen LogP) is 4.36. The number of methoxy groups -OCH3 is 1. The summed E-state index contributed by atoms with van der Waals surface area (Å²) in [6, 6.07) is 10.2. The van der Waals surface area contributed by atoms with Gasteiger partial charge in [0.2, 0.25) is 11.1 Å². The van der Waals surface area contributed by atoms with Crippen LogP contribution in [0.25, 0.3) is 5.69 Å². The van der Waals surface area contributed by atoms with Crippen molar-refractivity contribution in [3.05, 3.63) is 51.5 Å². The number of carbonyl (C=O) groups is 1. The molecule has 1 aromatic heterocycles. The van der Waals surface area contributed by atoms with Gasteiger partial charge < -0.3 is 10.1 Å². The monoisotopic (exact) mass is 443 g/mol. The van der Waals surface area contributed by atoms with Crippen LogP contribution < -0.4 is 10.1 Å². The number of nitrogens with zero attached hydrogens (tertiary/aromatic N) is 4.